The quantitative estimate of drug-likeness (QED) is 0.245. The van der Waals surface area contributed by atoms with Crippen LogP contribution < -0.4 is 10.6 Å². The summed E-state index contributed by atoms with van der Waals surface area (Å²) in [4.78, 5) is 51.8. The van der Waals surface area contributed by atoms with E-state index in [2.05, 4.69) is 10.6 Å². The van der Waals surface area contributed by atoms with Gasteiger partial charge in [-0.05, 0) is 41.5 Å². The molecule has 9 heteroatoms. The van der Waals surface area contributed by atoms with E-state index in [9.17, 15) is 24.5 Å². The van der Waals surface area contributed by atoms with E-state index in [1.54, 1.807) is 55.5 Å². The monoisotopic (exact) mass is 524 g/mol. The van der Waals surface area contributed by atoms with Crippen molar-refractivity contribution in [3.63, 3.8) is 0 Å². The smallest absolute Gasteiger partial charge is 0.269 e. The maximum absolute atomic E-state index is 13.7. The third-order valence-electron chi connectivity index (χ3n) is 6.57. The molecule has 198 valence electrons. The highest BCUT2D eigenvalue weighted by molar-refractivity contribution is 6.08. The summed E-state index contributed by atoms with van der Waals surface area (Å²) in [6, 6.07) is 25.6. The highest BCUT2D eigenvalue weighted by Gasteiger charge is 2.30. The molecule has 39 heavy (non-hydrogen) atoms. The van der Waals surface area contributed by atoms with Crippen LogP contribution in [-0.2, 0) is 16.0 Å². The van der Waals surface area contributed by atoms with Crippen molar-refractivity contribution in [2.75, 3.05) is 12.4 Å². The van der Waals surface area contributed by atoms with Gasteiger partial charge in [0.25, 0.3) is 11.6 Å². The van der Waals surface area contributed by atoms with Crippen LogP contribution in [0.5, 0.6) is 0 Å². The van der Waals surface area contributed by atoms with Crippen LogP contribution in [-0.4, -0.2) is 46.7 Å². The summed E-state index contributed by atoms with van der Waals surface area (Å²) in [7, 11) is 1.50. The molecule has 1 unspecified atom stereocenters. The Bertz CT molecular complexity index is 1500. The molecule has 0 bridgehead atoms. The molecule has 0 aliphatic rings. The zero-order valence-corrected chi connectivity index (χ0v) is 21.5. The lowest BCUT2D eigenvalue weighted by Crippen LogP contribution is -2.53. The fourth-order valence-electron chi connectivity index (χ4n) is 4.23. The molecule has 9 nitrogen and oxygen atoms in total. The second-order valence-corrected chi connectivity index (χ2v) is 9.16. The fourth-order valence-corrected chi connectivity index (χ4v) is 4.23. The zero-order chi connectivity index (χ0) is 27.9. The number of likely N-dealkylation sites (N-methyl/N-ethyl adjacent to an activating group) is 1. The Morgan fingerprint density at radius 2 is 1.51 bits per heavy atom. The number of nitrogens with one attached hydrogen (secondary N) is 2. The molecular formula is C30H28N4O5. The van der Waals surface area contributed by atoms with Crippen molar-refractivity contribution in [3.05, 3.63) is 118 Å². The van der Waals surface area contributed by atoms with Crippen molar-refractivity contribution in [1.29, 1.82) is 0 Å². The predicted molar refractivity (Wildman–Crippen MR) is 149 cm³/mol. The van der Waals surface area contributed by atoms with Crippen molar-refractivity contribution in [1.82, 2.24) is 10.2 Å². The Balaban J connectivity index is 1.58. The minimum Gasteiger partial charge on any atom is -0.340 e. The molecule has 4 rings (SSSR count). The normalized spacial score (nSPS) is 12.3. The number of fused-ring (bicyclic) bond motifs is 1. The van der Waals surface area contributed by atoms with Gasteiger partial charge in [0.2, 0.25) is 11.8 Å². The van der Waals surface area contributed by atoms with E-state index in [1.165, 1.54) is 24.1 Å². The molecular weight excluding hydrogens is 496 g/mol. The van der Waals surface area contributed by atoms with Gasteiger partial charge in [-0.3, -0.25) is 24.5 Å². The zero-order valence-electron chi connectivity index (χ0n) is 21.5. The van der Waals surface area contributed by atoms with E-state index in [4.69, 9.17) is 0 Å². The lowest BCUT2D eigenvalue weighted by Gasteiger charge is -2.29. The maximum atomic E-state index is 13.7. The van der Waals surface area contributed by atoms with E-state index < -0.39 is 28.8 Å². The number of anilines is 1. The molecule has 3 amide bonds. The average Bonchev–Trinajstić information content (AvgIpc) is 2.96. The number of nitro benzene ring substituents is 1. The van der Waals surface area contributed by atoms with Crippen LogP contribution in [0.1, 0.15) is 22.8 Å². The summed E-state index contributed by atoms with van der Waals surface area (Å²) in [5.74, 6) is -1.30. The number of para-hydroxylation sites is 1. The topological polar surface area (TPSA) is 122 Å². The minimum absolute atomic E-state index is 0.0741. The van der Waals surface area contributed by atoms with Gasteiger partial charge in [0.15, 0.2) is 0 Å². The van der Waals surface area contributed by atoms with Crippen molar-refractivity contribution in [2.24, 2.45) is 0 Å². The van der Waals surface area contributed by atoms with Crippen LogP contribution >= 0.6 is 0 Å². The summed E-state index contributed by atoms with van der Waals surface area (Å²) in [6.07, 6.45) is 0.0741. The number of nitrogens with zero attached hydrogens (tertiary/aromatic N) is 2. The van der Waals surface area contributed by atoms with Crippen LogP contribution in [0.4, 0.5) is 11.4 Å². The number of hydrogen-bond acceptors (Lipinski definition) is 5. The lowest BCUT2D eigenvalue weighted by atomic mass is 10.0. The van der Waals surface area contributed by atoms with Crippen molar-refractivity contribution >= 4 is 39.9 Å². The van der Waals surface area contributed by atoms with E-state index in [0.29, 0.717) is 16.8 Å². The largest absolute Gasteiger partial charge is 0.340 e. The van der Waals surface area contributed by atoms with Crippen LogP contribution in [0.2, 0.25) is 0 Å². The van der Waals surface area contributed by atoms with Crippen molar-refractivity contribution < 1.29 is 19.3 Å². The number of carbonyl (C=O) groups excluding carboxylic acids is 3. The molecule has 0 saturated heterocycles. The van der Waals surface area contributed by atoms with Crippen LogP contribution in [0, 0.1) is 10.1 Å². The Morgan fingerprint density at radius 1 is 0.872 bits per heavy atom. The SMILES string of the molecule is C[C@@H](C(=O)Nc1ccccc1)N(C)C(=O)C(Cc1ccc([N+](=O)[O-])cc1)NC(=O)c1cccc2ccccc12. The maximum Gasteiger partial charge on any atom is 0.269 e. The summed E-state index contributed by atoms with van der Waals surface area (Å²) >= 11 is 0. The molecule has 2 N–H and O–H groups in total. The molecule has 4 aromatic carbocycles. The van der Waals surface area contributed by atoms with Gasteiger partial charge in [-0.25, -0.2) is 0 Å². The Morgan fingerprint density at radius 3 is 2.21 bits per heavy atom. The molecule has 0 aliphatic carbocycles. The first-order valence-corrected chi connectivity index (χ1v) is 12.4. The third kappa shape index (κ3) is 6.45. The van der Waals surface area contributed by atoms with E-state index in [1.807, 2.05) is 36.4 Å². The van der Waals surface area contributed by atoms with Crippen molar-refractivity contribution in [2.45, 2.75) is 25.4 Å². The van der Waals surface area contributed by atoms with Gasteiger partial charge < -0.3 is 15.5 Å². The molecule has 0 aromatic heterocycles. The number of amides is 3. The van der Waals surface area contributed by atoms with Crippen molar-refractivity contribution in [3.8, 4) is 0 Å². The second-order valence-electron chi connectivity index (χ2n) is 9.16. The van der Waals surface area contributed by atoms with Gasteiger partial charge in [-0.15, -0.1) is 0 Å². The van der Waals surface area contributed by atoms with E-state index in [-0.39, 0.29) is 18.0 Å². The lowest BCUT2D eigenvalue weighted by molar-refractivity contribution is -0.384. The second kappa shape index (κ2) is 12.0. The Labute approximate surface area is 225 Å². The standard InChI is InChI=1S/C30H28N4O5/c1-20(28(35)31-23-11-4-3-5-12-23)33(2)30(37)27(19-21-15-17-24(18-16-21)34(38)39)32-29(36)26-14-8-10-22-9-6-7-13-25(22)26/h3-18,20,27H,19H2,1-2H3,(H,31,35)(H,32,36)/t20-,27?/m0/s1. The van der Waals surface area contributed by atoms with Gasteiger partial charge in [-0.2, -0.15) is 0 Å². The number of benzene rings is 4. The fraction of sp³-hybridized carbons (Fsp3) is 0.167. The van der Waals surface area contributed by atoms with Crippen LogP contribution in [0.3, 0.4) is 0 Å². The first-order valence-electron chi connectivity index (χ1n) is 12.4. The van der Waals surface area contributed by atoms with Gasteiger partial charge in [0, 0.05) is 36.9 Å². The van der Waals surface area contributed by atoms with Crippen LogP contribution in [0.15, 0.2) is 97.1 Å². The highest BCUT2D eigenvalue weighted by Crippen LogP contribution is 2.20. The molecule has 2 atom stereocenters. The highest BCUT2D eigenvalue weighted by atomic mass is 16.6. The first-order chi connectivity index (χ1) is 18.7. The molecule has 4 aromatic rings. The third-order valence-corrected chi connectivity index (χ3v) is 6.57. The molecule has 0 fully saturated rings. The number of hydrogen-bond donors (Lipinski definition) is 2. The van der Waals surface area contributed by atoms with Crippen LogP contribution in [0.25, 0.3) is 10.8 Å². The van der Waals surface area contributed by atoms with Gasteiger partial charge in [0.1, 0.15) is 12.1 Å². The number of rotatable bonds is 9. The minimum atomic E-state index is -1.03. The molecule has 0 radical (unpaired) electrons. The molecule has 0 spiro atoms. The summed E-state index contributed by atoms with van der Waals surface area (Å²) < 4.78 is 0. The summed E-state index contributed by atoms with van der Waals surface area (Å²) in [5.41, 5.74) is 1.55. The number of non-ortho nitro benzene ring substituents is 1. The predicted octanol–water partition coefficient (Wildman–Crippen LogP) is 4.57. The first kappa shape index (κ1) is 27.0. The van der Waals surface area contributed by atoms with Gasteiger partial charge in [0.05, 0.1) is 4.92 Å². The Hall–Kier alpha value is -5.05. The van der Waals surface area contributed by atoms with E-state index in [0.717, 1.165) is 10.8 Å². The van der Waals surface area contributed by atoms with E-state index >= 15 is 0 Å². The summed E-state index contributed by atoms with van der Waals surface area (Å²) in [5, 5.41) is 18.3. The number of carbonyl (C=O) groups is 3. The van der Waals surface area contributed by atoms with Gasteiger partial charge >= 0.3 is 0 Å². The summed E-state index contributed by atoms with van der Waals surface area (Å²) in [6.45, 7) is 1.60. The Kier molecular flexibility index (Phi) is 8.30. The number of nitro groups is 1. The average molecular weight is 525 g/mol. The molecule has 0 heterocycles. The molecule has 0 saturated carbocycles. The molecule has 0 aliphatic heterocycles. The van der Waals surface area contributed by atoms with Gasteiger partial charge in [-0.1, -0.05) is 66.7 Å².